The zero-order valence-electron chi connectivity index (χ0n) is 17.0. The van der Waals surface area contributed by atoms with Gasteiger partial charge in [0.1, 0.15) is 11.5 Å². The molecule has 5 rings (SSSR count). The molecule has 162 valence electrons. The smallest absolute Gasteiger partial charge is 0.248 e. The highest BCUT2D eigenvalue weighted by Crippen LogP contribution is 2.27. The van der Waals surface area contributed by atoms with Gasteiger partial charge in [0.05, 0.1) is 0 Å². The summed E-state index contributed by atoms with van der Waals surface area (Å²) in [5.74, 6) is 6.37. The summed E-state index contributed by atoms with van der Waals surface area (Å²) in [6.45, 7) is 0. The quantitative estimate of drug-likeness (QED) is 0.204. The second kappa shape index (κ2) is 8.23. The molecule has 11 heteroatoms. The van der Waals surface area contributed by atoms with E-state index in [1.807, 2.05) is 30.3 Å². The van der Waals surface area contributed by atoms with Crippen LogP contribution in [-0.2, 0) is 0 Å². The van der Waals surface area contributed by atoms with Crippen LogP contribution < -0.4 is 16.9 Å². The van der Waals surface area contributed by atoms with Gasteiger partial charge in [-0.15, -0.1) is 0 Å². The lowest BCUT2D eigenvalue weighted by molar-refractivity contribution is 0.100. The molecule has 0 bridgehead atoms. The van der Waals surface area contributed by atoms with E-state index in [1.165, 1.54) is 0 Å². The topological polar surface area (TPSA) is 171 Å². The Kier molecular flexibility index (Phi) is 4.96. The number of amides is 1. The number of carbonyl (C=O) groups excluding carboxylic acids is 1. The Morgan fingerprint density at radius 3 is 2.48 bits per heavy atom. The van der Waals surface area contributed by atoms with E-state index in [1.54, 1.807) is 36.4 Å². The number of anilines is 2. The molecule has 11 nitrogen and oxygen atoms in total. The van der Waals surface area contributed by atoms with Crippen molar-refractivity contribution in [3.63, 3.8) is 0 Å². The fraction of sp³-hybridized carbons (Fsp3) is 0. The van der Waals surface area contributed by atoms with Crippen molar-refractivity contribution in [1.82, 2.24) is 20.3 Å². The van der Waals surface area contributed by atoms with Crippen LogP contribution in [-0.4, -0.2) is 31.9 Å². The zero-order chi connectivity index (χ0) is 22.8. The van der Waals surface area contributed by atoms with Crippen LogP contribution in [0.4, 0.5) is 11.5 Å². The zero-order valence-corrected chi connectivity index (χ0v) is 17.0. The van der Waals surface area contributed by atoms with Crippen LogP contribution in [0.15, 0.2) is 80.9 Å². The molecule has 0 saturated heterocycles. The Balaban J connectivity index is 1.57. The van der Waals surface area contributed by atoms with Crippen LogP contribution in [0, 0.1) is 0 Å². The maximum atomic E-state index is 11.5. The normalized spacial score (nSPS) is 11.6. The lowest BCUT2D eigenvalue weighted by Crippen LogP contribution is -2.13. The molecule has 3 heterocycles. The van der Waals surface area contributed by atoms with E-state index in [-0.39, 0.29) is 22.7 Å². The molecule has 0 spiro atoms. The largest absolute Gasteiger partial charge is 0.454 e. The van der Waals surface area contributed by atoms with Crippen molar-refractivity contribution >= 4 is 34.4 Å². The molecule has 0 atom stereocenters. The fourth-order valence-corrected chi connectivity index (χ4v) is 3.24. The van der Waals surface area contributed by atoms with Gasteiger partial charge in [-0.25, -0.2) is 14.6 Å². The number of nitrogens with one attached hydrogen (secondary N) is 1. The molecule has 0 saturated carbocycles. The van der Waals surface area contributed by atoms with Crippen molar-refractivity contribution in [2.24, 2.45) is 16.7 Å². The molecular weight excluding hydrogens is 424 g/mol. The summed E-state index contributed by atoms with van der Waals surface area (Å²) in [6.07, 6.45) is 0. The SMILES string of the molecule is NN=C(c1ccc(-c2cccc(C(N)=O)c2)o1)c1nc2nonc2nc1Nc1ccccc1. The van der Waals surface area contributed by atoms with Gasteiger partial charge in [-0.3, -0.25) is 4.79 Å². The van der Waals surface area contributed by atoms with Gasteiger partial charge in [0.2, 0.25) is 17.2 Å². The number of hydrogen-bond donors (Lipinski definition) is 3. The highest BCUT2D eigenvalue weighted by atomic mass is 16.6. The van der Waals surface area contributed by atoms with Crippen molar-refractivity contribution in [1.29, 1.82) is 0 Å². The lowest BCUT2D eigenvalue weighted by Gasteiger charge is -2.10. The highest BCUT2D eigenvalue weighted by Gasteiger charge is 2.22. The molecule has 0 radical (unpaired) electrons. The maximum Gasteiger partial charge on any atom is 0.248 e. The van der Waals surface area contributed by atoms with Crippen LogP contribution in [0.2, 0.25) is 0 Å². The number of carbonyl (C=O) groups is 1. The summed E-state index contributed by atoms with van der Waals surface area (Å²) in [5.41, 5.74) is 8.10. The number of furan rings is 1. The van der Waals surface area contributed by atoms with Gasteiger partial charge in [0.15, 0.2) is 17.3 Å². The molecule has 0 aliphatic heterocycles. The van der Waals surface area contributed by atoms with Gasteiger partial charge in [-0.05, 0) is 46.7 Å². The number of para-hydroxylation sites is 1. The summed E-state index contributed by atoms with van der Waals surface area (Å²) in [4.78, 5) is 20.4. The maximum absolute atomic E-state index is 11.5. The van der Waals surface area contributed by atoms with E-state index in [2.05, 4.69) is 30.7 Å². The van der Waals surface area contributed by atoms with E-state index >= 15 is 0 Å². The number of primary amides is 1. The number of aromatic nitrogens is 4. The minimum Gasteiger partial charge on any atom is -0.454 e. The standard InChI is InChI=1S/C22H16N8O3/c23-19(31)13-6-4-5-12(11-13)15-9-10-16(32-15)17(28-24)18-20(25-14-7-2-1-3-8-14)27-22-21(26-18)29-33-30-22/h1-11H,24H2,(H2,23,31)(H,25,27,30). The monoisotopic (exact) mass is 440 g/mol. The Bertz CT molecular complexity index is 1490. The average molecular weight is 440 g/mol. The first-order chi connectivity index (χ1) is 16.1. The molecule has 0 fully saturated rings. The highest BCUT2D eigenvalue weighted by molar-refractivity contribution is 6.13. The second-order valence-electron chi connectivity index (χ2n) is 6.91. The van der Waals surface area contributed by atoms with E-state index in [0.29, 0.717) is 28.5 Å². The molecular formula is C22H16N8O3. The number of hydrogen-bond acceptors (Lipinski definition) is 10. The molecule has 0 unspecified atom stereocenters. The van der Waals surface area contributed by atoms with Crippen molar-refractivity contribution in [2.45, 2.75) is 0 Å². The van der Waals surface area contributed by atoms with E-state index in [9.17, 15) is 4.79 Å². The van der Waals surface area contributed by atoms with Crippen LogP contribution in [0.3, 0.4) is 0 Å². The van der Waals surface area contributed by atoms with Crippen molar-refractivity contribution in [3.05, 3.63) is 83.7 Å². The van der Waals surface area contributed by atoms with Crippen LogP contribution in [0.5, 0.6) is 0 Å². The molecule has 5 N–H and O–H groups in total. The third-order valence-corrected chi connectivity index (χ3v) is 4.78. The third kappa shape index (κ3) is 3.85. The minimum absolute atomic E-state index is 0.186. The molecule has 0 aliphatic carbocycles. The Morgan fingerprint density at radius 1 is 0.939 bits per heavy atom. The van der Waals surface area contributed by atoms with Crippen molar-refractivity contribution in [3.8, 4) is 11.3 Å². The second-order valence-corrected chi connectivity index (χ2v) is 6.91. The molecule has 2 aromatic carbocycles. The molecule has 33 heavy (non-hydrogen) atoms. The van der Waals surface area contributed by atoms with Gasteiger partial charge < -0.3 is 21.3 Å². The van der Waals surface area contributed by atoms with Crippen molar-refractivity contribution < 1.29 is 13.8 Å². The molecule has 5 aromatic rings. The van der Waals surface area contributed by atoms with Crippen molar-refractivity contribution in [2.75, 3.05) is 5.32 Å². The Morgan fingerprint density at radius 2 is 1.73 bits per heavy atom. The predicted molar refractivity (Wildman–Crippen MR) is 120 cm³/mol. The van der Waals surface area contributed by atoms with E-state index in [4.69, 9.17) is 20.6 Å². The third-order valence-electron chi connectivity index (χ3n) is 4.78. The summed E-state index contributed by atoms with van der Waals surface area (Å²) >= 11 is 0. The number of benzene rings is 2. The van der Waals surface area contributed by atoms with Crippen LogP contribution >= 0.6 is 0 Å². The summed E-state index contributed by atoms with van der Waals surface area (Å²) < 4.78 is 10.7. The number of fused-ring (bicyclic) bond motifs is 1. The first-order valence-corrected chi connectivity index (χ1v) is 9.73. The van der Waals surface area contributed by atoms with Gasteiger partial charge in [-0.1, -0.05) is 30.3 Å². The van der Waals surface area contributed by atoms with Gasteiger partial charge in [-0.2, -0.15) is 5.10 Å². The minimum atomic E-state index is -0.533. The van der Waals surface area contributed by atoms with E-state index in [0.717, 1.165) is 5.69 Å². The average Bonchev–Trinajstić information content (AvgIpc) is 3.50. The lowest BCUT2D eigenvalue weighted by atomic mass is 10.1. The van der Waals surface area contributed by atoms with Crippen LogP contribution in [0.1, 0.15) is 21.8 Å². The Hall–Kier alpha value is -5.06. The number of nitrogens with zero attached hydrogens (tertiary/aromatic N) is 5. The summed E-state index contributed by atoms with van der Waals surface area (Å²) in [7, 11) is 0. The van der Waals surface area contributed by atoms with Gasteiger partial charge in [0, 0.05) is 16.8 Å². The van der Waals surface area contributed by atoms with E-state index < -0.39 is 5.91 Å². The van der Waals surface area contributed by atoms with Gasteiger partial charge in [0.25, 0.3) is 0 Å². The molecule has 3 aromatic heterocycles. The first kappa shape index (κ1) is 19.9. The van der Waals surface area contributed by atoms with Gasteiger partial charge >= 0.3 is 0 Å². The summed E-state index contributed by atoms with van der Waals surface area (Å²) in [6, 6.07) is 19.6. The predicted octanol–water partition coefficient (Wildman–Crippen LogP) is 2.83. The number of rotatable bonds is 6. The summed E-state index contributed by atoms with van der Waals surface area (Å²) in [5, 5.41) is 14.6. The Labute approximate surface area is 186 Å². The molecule has 1 amide bonds. The molecule has 0 aliphatic rings. The van der Waals surface area contributed by atoms with Crippen LogP contribution in [0.25, 0.3) is 22.6 Å². The number of hydrazone groups is 1. The fourth-order valence-electron chi connectivity index (χ4n) is 3.24. The first-order valence-electron chi connectivity index (χ1n) is 9.73. The number of nitrogens with two attached hydrogens (primary N) is 2.